The molecular weight excluding hydrogens is 402 g/mol. The third kappa shape index (κ3) is 6.87. The van der Waals surface area contributed by atoms with Gasteiger partial charge in [-0.15, -0.1) is 0 Å². The number of amides is 1. The van der Waals surface area contributed by atoms with Crippen LogP contribution in [0.1, 0.15) is 59.4 Å². The molecule has 1 aliphatic heterocycles. The van der Waals surface area contributed by atoms with Crippen LogP contribution < -0.4 is 14.9 Å². The predicted octanol–water partition coefficient (Wildman–Crippen LogP) is 3.44. The zero-order chi connectivity index (χ0) is 22.5. The van der Waals surface area contributed by atoms with Crippen molar-refractivity contribution in [1.29, 1.82) is 0 Å². The van der Waals surface area contributed by atoms with Gasteiger partial charge in [0.05, 0.1) is 17.0 Å². The summed E-state index contributed by atoms with van der Waals surface area (Å²) in [5.41, 5.74) is 3.46. The number of rotatable bonds is 8. The summed E-state index contributed by atoms with van der Waals surface area (Å²) in [4.78, 5) is 14.3. The fourth-order valence-electron chi connectivity index (χ4n) is 3.42. The normalized spacial score (nSPS) is 20.1. The van der Waals surface area contributed by atoms with Gasteiger partial charge in [0.25, 0.3) is 0 Å². The second kappa shape index (κ2) is 10.0. The van der Waals surface area contributed by atoms with E-state index in [1.165, 1.54) is 11.3 Å². The fraction of sp³-hybridized carbons (Fsp3) is 0.682. The number of morpholine rings is 1. The summed E-state index contributed by atoms with van der Waals surface area (Å²) in [7, 11) is -3.64. The number of aryl methyl sites for hydroxylation is 1. The summed E-state index contributed by atoms with van der Waals surface area (Å²) in [5, 5.41) is 3.41. The first-order chi connectivity index (χ1) is 13.9. The first-order valence-corrected chi connectivity index (χ1v) is 12.2. The highest BCUT2D eigenvalue weighted by Crippen LogP contribution is 2.25. The Morgan fingerprint density at radius 3 is 2.37 bits per heavy atom. The zero-order valence-corrected chi connectivity index (χ0v) is 19.9. The van der Waals surface area contributed by atoms with Crippen LogP contribution in [0.25, 0.3) is 0 Å². The van der Waals surface area contributed by atoms with Gasteiger partial charge in [0.15, 0.2) is 0 Å². The van der Waals surface area contributed by atoms with Crippen LogP contribution >= 0.6 is 0 Å². The molecule has 1 aliphatic rings. The predicted molar refractivity (Wildman–Crippen MR) is 123 cm³/mol. The van der Waals surface area contributed by atoms with Crippen molar-refractivity contribution < 1.29 is 17.9 Å². The van der Waals surface area contributed by atoms with Crippen molar-refractivity contribution in [2.75, 3.05) is 29.9 Å². The van der Waals surface area contributed by atoms with Gasteiger partial charge in [-0.2, -0.15) is 0 Å². The molecule has 1 aromatic rings. The number of unbranched alkanes of at least 4 members (excludes halogenated alkanes) is 1. The fourth-order valence-corrected chi connectivity index (χ4v) is 4.13. The van der Waals surface area contributed by atoms with Gasteiger partial charge < -0.3 is 15.0 Å². The molecule has 30 heavy (non-hydrogen) atoms. The molecule has 2 atom stereocenters. The van der Waals surface area contributed by atoms with Crippen LogP contribution in [0.5, 0.6) is 0 Å². The molecular formula is C22H37N3O4S. The maximum atomic E-state index is 12.0. The van der Waals surface area contributed by atoms with Crippen LogP contribution in [0.2, 0.25) is 0 Å². The van der Waals surface area contributed by atoms with E-state index in [0.29, 0.717) is 6.42 Å². The van der Waals surface area contributed by atoms with Crippen LogP contribution in [0.3, 0.4) is 0 Å². The third-order valence-electron chi connectivity index (χ3n) is 5.20. The summed E-state index contributed by atoms with van der Waals surface area (Å²) >= 11 is 0. The number of benzene rings is 1. The van der Waals surface area contributed by atoms with Gasteiger partial charge in [-0.05, 0) is 78.1 Å². The smallest absolute Gasteiger partial charge is 0.239 e. The molecule has 1 fully saturated rings. The van der Waals surface area contributed by atoms with Crippen LogP contribution in [-0.4, -0.2) is 50.9 Å². The molecule has 2 rings (SSSR count). The maximum absolute atomic E-state index is 12.0. The second-order valence-electron chi connectivity index (χ2n) is 9.19. The van der Waals surface area contributed by atoms with Gasteiger partial charge >= 0.3 is 0 Å². The number of carbonyl (C=O) groups excluding carboxylic acids is 1. The zero-order valence-electron chi connectivity index (χ0n) is 19.1. The van der Waals surface area contributed by atoms with Crippen LogP contribution in [0.4, 0.5) is 11.4 Å². The van der Waals surface area contributed by atoms with E-state index >= 15 is 0 Å². The Morgan fingerprint density at radius 1 is 1.17 bits per heavy atom. The molecule has 0 radical (unpaired) electrons. The summed E-state index contributed by atoms with van der Waals surface area (Å²) in [5.74, 6) is -0.445. The lowest BCUT2D eigenvalue weighted by atomic mass is 10.1. The molecule has 7 nitrogen and oxygen atoms in total. The highest BCUT2D eigenvalue weighted by molar-refractivity contribution is 7.91. The number of hydrogen-bond donors (Lipinski definition) is 2. The average molecular weight is 440 g/mol. The first-order valence-electron chi connectivity index (χ1n) is 10.7. The SMILES string of the molecule is Cc1cc(N2CC(C)OC(C)C2)ccc1NCCCCC(=O)NS(=O)(=O)C(C)(C)C. The number of anilines is 2. The Labute approximate surface area is 181 Å². The van der Waals surface area contributed by atoms with Crippen molar-refractivity contribution in [3.63, 3.8) is 0 Å². The van der Waals surface area contributed by atoms with Crippen LogP contribution in [0.15, 0.2) is 18.2 Å². The molecule has 1 amide bonds. The molecule has 0 saturated carbocycles. The molecule has 0 aromatic heterocycles. The van der Waals surface area contributed by atoms with E-state index < -0.39 is 20.7 Å². The van der Waals surface area contributed by atoms with Crippen molar-refractivity contribution >= 4 is 27.3 Å². The largest absolute Gasteiger partial charge is 0.385 e. The van der Waals surface area contributed by atoms with Crippen molar-refractivity contribution in [1.82, 2.24) is 4.72 Å². The van der Waals surface area contributed by atoms with Gasteiger partial charge in [-0.25, -0.2) is 8.42 Å². The topological polar surface area (TPSA) is 87.7 Å². The minimum atomic E-state index is -3.64. The molecule has 0 aliphatic carbocycles. The standard InChI is InChI=1S/C22H37N3O4S/c1-16-13-19(25-14-17(2)29-18(3)15-25)10-11-20(16)23-12-8-7-9-21(26)24-30(27,28)22(4,5)6/h10-11,13,17-18,23H,7-9,12,14-15H2,1-6H3,(H,24,26). The van der Waals surface area contributed by atoms with Gasteiger partial charge in [0.2, 0.25) is 15.9 Å². The van der Waals surface area contributed by atoms with E-state index in [-0.39, 0.29) is 18.6 Å². The number of nitrogens with one attached hydrogen (secondary N) is 2. The Hall–Kier alpha value is -1.80. The Kier molecular flexibility index (Phi) is 8.16. The number of nitrogens with zero attached hydrogens (tertiary/aromatic N) is 1. The summed E-state index contributed by atoms with van der Waals surface area (Å²) in [6.07, 6.45) is 2.05. The first kappa shape index (κ1) is 24.5. The molecule has 1 heterocycles. The van der Waals surface area contributed by atoms with E-state index in [4.69, 9.17) is 4.74 Å². The molecule has 1 aromatic carbocycles. The summed E-state index contributed by atoms with van der Waals surface area (Å²) in [6, 6.07) is 6.42. The minimum Gasteiger partial charge on any atom is -0.385 e. The number of carbonyl (C=O) groups is 1. The number of sulfonamides is 1. The van der Waals surface area contributed by atoms with Crippen molar-refractivity contribution in [2.24, 2.45) is 0 Å². The lowest BCUT2D eigenvalue weighted by molar-refractivity contribution is -0.119. The Balaban J connectivity index is 1.77. The van der Waals surface area contributed by atoms with Crippen LogP contribution in [0, 0.1) is 6.92 Å². The molecule has 8 heteroatoms. The second-order valence-corrected chi connectivity index (χ2v) is 11.6. The van der Waals surface area contributed by atoms with E-state index in [0.717, 1.165) is 31.7 Å². The Morgan fingerprint density at radius 2 is 1.80 bits per heavy atom. The molecule has 2 unspecified atom stereocenters. The molecule has 2 N–H and O–H groups in total. The minimum absolute atomic E-state index is 0.197. The molecule has 170 valence electrons. The van der Waals surface area contributed by atoms with Crippen molar-refractivity contribution in [3.8, 4) is 0 Å². The van der Waals surface area contributed by atoms with Crippen molar-refractivity contribution in [2.45, 2.75) is 77.8 Å². The van der Waals surface area contributed by atoms with Gasteiger partial charge in [-0.3, -0.25) is 9.52 Å². The van der Waals surface area contributed by atoms with Crippen LogP contribution in [-0.2, 0) is 19.6 Å². The lowest BCUT2D eigenvalue weighted by Gasteiger charge is -2.37. The van der Waals surface area contributed by atoms with E-state index in [1.807, 2.05) is 0 Å². The van der Waals surface area contributed by atoms with Gasteiger partial charge in [0.1, 0.15) is 0 Å². The quantitative estimate of drug-likeness (QED) is 0.604. The number of hydrogen-bond acceptors (Lipinski definition) is 6. The summed E-state index contributed by atoms with van der Waals surface area (Å²) in [6.45, 7) is 13.5. The van der Waals surface area contributed by atoms with E-state index in [9.17, 15) is 13.2 Å². The highest BCUT2D eigenvalue weighted by Gasteiger charge is 2.30. The van der Waals surface area contributed by atoms with Gasteiger partial charge in [-0.1, -0.05) is 0 Å². The molecule has 0 spiro atoms. The summed E-state index contributed by atoms with van der Waals surface area (Å²) < 4.78 is 31.0. The lowest BCUT2D eigenvalue weighted by Crippen LogP contribution is -2.45. The molecule has 1 saturated heterocycles. The maximum Gasteiger partial charge on any atom is 0.239 e. The van der Waals surface area contributed by atoms with Crippen molar-refractivity contribution in [3.05, 3.63) is 23.8 Å². The molecule has 0 bridgehead atoms. The van der Waals surface area contributed by atoms with E-state index in [2.05, 4.69) is 53.9 Å². The number of ether oxygens (including phenoxy) is 1. The Bertz CT molecular complexity index is 823. The average Bonchev–Trinajstić information content (AvgIpc) is 2.60. The monoisotopic (exact) mass is 439 g/mol. The highest BCUT2D eigenvalue weighted by atomic mass is 32.2. The van der Waals surface area contributed by atoms with Gasteiger partial charge in [0, 0.05) is 37.4 Å². The third-order valence-corrected chi connectivity index (χ3v) is 7.30. The van der Waals surface area contributed by atoms with E-state index in [1.54, 1.807) is 20.8 Å².